The van der Waals surface area contributed by atoms with Crippen LogP contribution in [0.5, 0.6) is 0 Å². The molecular formula is C18H20Cl2N4O2. The van der Waals surface area contributed by atoms with Gasteiger partial charge >= 0.3 is 0 Å². The first kappa shape index (κ1) is 18.9. The van der Waals surface area contributed by atoms with E-state index < -0.39 is 0 Å². The Morgan fingerprint density at radius 1 is 1.15 bits per heavy atom. The van der Waals surface area contributed by atoms with Crippen LogP contribution in [0.4, 0.5) is 11.5 Å². The summed E-state index contributed by atoms with van der Waals surface area (Å²) in [5.41, 5.74) is 1.00. The number of benzene rings is 1. The molecule has 1 fully saturated rings. The molecule has 0 atom stereocenters. The van der Waals surface area contributed by atoms with E-state index in [2.05, 4.69) is 20.5 Å². The summed E-state index contributed by atoms with van der Waals surface area (Å²) in [6.45, 7) is 5.23. The van der Waals surface area contributed by atoms with E-state index in [0.29, 0.717) is 21.3 Å². The second kappa shape index (κ2) is 9.19. The fourth-order valence-electron chi connectivity index (χ4n) is 2.63. The summed E-state index contributed by atoms with van der Waals surface area (Å²) in [5.74, 6) is 0.469. The van der Waals surface area contributed by atoms with Gasteiger partial charge in [0.25, 0.3) is 5.91 Å². The van der Waals surface area contributed by atoms with E-state index in [-0.39, 0.29) is 5.91 Å². The van der Waals surface area contributed by atoms with Crippen molar-refractivity contribution in [3.63, 3.8) is 0 Å². The second-order valence-electron chi connectivity index (χ2n) is 5.93. The quantitative estimate of drug-likeness (QED) is 0.785. The molecule has 6 nitrogen and oxygen atoms in total. The lowest BCUT2D eigenvalue weighted by atomic mass is 10.2. The zero-order chi connectivity index (χ0) is 18.4. The van der Waals surface area contributed by atoms with Gasteiger partial charge in [-0.25, -0.2) is 4.98 Å². The average Bonchev–Trinajstić information content (AvgIpc) is 2.62. The maximum Gasteiger partial charge on any atom is 0.257 e. The Bertz CT molecular complexity index is 729. The number of anilines is 2. The molecule has 1 aliphatic rings. The zero-order valence-corrected chi connectivity index (χ0v) is 15.7. The average molecular weight is 395 g/mol. The molecule has 26 heavy (non-hydrogen) atoms. The third kappa shape index (κ3) is 5.57. The number of hydrogen-bond acceptors (Lipinski definition) is 5. The van der Waals surface area contributed by atoms with Gasteiger partial charge in [-0.3, -0.25) is 9.69 Å². The molecule has 2 N–H and O–H groups in total. The van der Waals surface area contributed by atoms with Crippen LogP contribution in [0.3, 0.4) is 0 Å². The van der Waals surface area contributed by atoms with Gasteiger partial charge in [0.15, 0.2) is 0 Å². The van der Waals surface area contributed by atoms with Crippen molar-refractivity contribution in [3.8, 4) is 0 Å². The van der Waals surface area contributed by atoms with Crippen LogP contribution in [0.1, 0.15) is 10.4 Å². The van der Waals surface area contributed by atoms with Crippen molar-refractivity contribution in [2.24, 2.45) is 0 Å². The lowest BCUT2D eigenvalue weighted by molar-refractivity contribution is 0.0398. The first-order valence-electron chi connectivity index (χ1n) is 8.37. The van der Waals surface area contributed by atoms with Crippen molar-refractivity contribution in [2.75, 3.05) is 50.0 Å². The van der Waals surface area contributed by atoms with E-state index in [1.54, 1.807) is 36.5 Å². The van der Waals surface area contributed by atoms with Crippen LogP contribution in [0.25, 0.3) is 0 Å². The van der Waals surface area contributed by atoms with Gasteiger partial charge in [0.05, 0.1) is 18.8 Å². The molecule has 1 aromatic carbocycles. The van der Waals surface area contributed by atoms with Crippen LogP contribution in [0.15, 0.2) is 36.5 Å². The van der Waals surface area contributed by atoms with Crippen molar-refractivity contribution in [2.45, 2.75) is 0 Å². The summed E-state index contributed by atoms with van der Waals surface area (Å²) >= 11 is 11.9. The Morgan fingerprint density at radius 2 is 1.88 bits per heavy atom. The molecular weight excluding hydrogens is 375 g/mol. The van der Waals surface area contributed by atoms with Crippen LogP contribution in [0.2, 0.25) is 10.0 Å². The summed E-state index contributed by atoms with van der Waals surface area (Å²) in [6.07, 6.45) is 1.54. The molecule has 3 rings (SSSR count). The minimum Gasteiger partial charge on any atom is -0.379 e. The topological polar surface area (TPSA) is 66.5 Å². The first-order chi connectivity index (χ1) is 12.6. The van der Waals surface area contributed by atoms with Gasteiger partial charge < -0.3 is 15.4 Å². The molecule has 0 radical (unpaired) electrons. The minimum absolute atomic E-state index is 0.268. The molecule has 0 spiro atoms. The van der Waals surface area contributed by atoms with Crippen LogP contribution in [-0.2, 0) is 4.74 Å². The van der Waals surface area contributed by atoms with Crippen LogP contribution >= 0.6 is 23.2 Å². The van der Waals surface area contributed by atoms with Gasteiger partial charge in [-0.05, 0) is 30.3 Å². The molecule has 2 aromatic rings. The Labute approximate surface area is 162 Å². The van der Waals surface area contributed by atoms with Gasteiger partial charge in [0.1, 0.15) is 5.82 Å². The lowest BCUT2D eigenvalue weighted by Gasteiger charge is -2.26. The summed E-state index contributed by atoms with van der Waals surface area (Å²) in [6, 6.07) is 8.41. The number of carbonyl (C=O) groups excluding carboxylic acids is 1. The number of ether oxygens (including phenoxy) is 1. The molecule has 1 aromatic heterocycles. The van der Waals surface area contributed by atoms with E-state index in [1.807, 2.05) is 0 Å². The number of morpholine rings is 1. The second-order valence-corrected chi connectivity index (χ2v) is 6.80. The largest absolute Gasteiger partial charge is 0.379 e. The number of nitrogens with zero attached hydrogens (tertiary/aromatic N) is 2. The van der Waals surface area contributed by atoms with E-state index in [9.17, 15) is 4.79 Å². The van der Waals surface area contributed by atoms with Crippen molar-refractivity contribution < 1.29 is 9.53 Å². The summed E-state index contributed by atoms with van der Waals surface area (Å²) in [5, 5.41) is 6.95. The van der Waals surface area contributed by atoms with Crippen molar-refractivity contribution in [1.29, 1.82) is 0 Å². The van der Waals surface area contributed by atoms with Gasteiger partial charge in [-0.15, -0.1) is 0 Å². The van der Waals surface area contributed by atoms with E-state index in [4.69, 9.17) is 27.9 Å². The monoisotopic (exact) mass is 394 g/mol. The molecule has 1 aliphatic heterocycles. The van der Waals surface area contributed by atoms with Gasteiger partial charge in [-0.1, -0.05) is 23.2 Å². The Morgan fingerprint density at radius 3 is 2.54 bits per heavy atom. The Balaban J connectivity index is 1.50. The number of aromatic nitrogens is 1. The smallest absolute Gasteiger partial charge is 0.257 e. The van der Waals surface area contributed by atoms with E-state index in [1.165, 1.54) is 0 Å². The highest BCUT2D eigenvalue weighted by molar-refractivity contribution is 6.35. The molecule has 2 heterocycles. The van der Waals surface area contributed by atoms with Gasteiger partial charge in [-0.2, -0.15) is 0 Å². The number of halogens is 2. The molecule has 1 amide bonds. The number of nitrogens with one attached hydrogen (secondary N) is 2. The molecule has 0 saturated carbocycles. The van der Waals surface area contributed by atoms with Gasteiger partial charge in [0.2, 0.25) is 0 Å². The summed E-state index contributed by atoms with van der Waals surface area (Å²) < 4.78 is 5.33. The van der Waals surface area contributed by atoms with Crippen LogP contribution < -0.4 is 10.6 Å². The fourth-order valence-corrected chi connectivity index (χ4v) is 3.15. The molecule has 1 saturated heterocycles. The van der Waals surface area contributed by atoms with Crippen molar-refractivity contribution in [1.82, 2.24) is 9.88 Å². The van der Waals surface area contributed by atoms with Crippen molar-refractivity contribution in [3.05, 3.63) is 52.1 Å². The standard InChI is InChI=1S/C18H20Cl2N4O2/c19-14-9-15(20)11-16(10-14)23-18(25)13-1-2-17(22-12-13)21-3-4-24-5-7-26-8-6-24/h1-2,9-12H,3-8H2,(H,21,22)(H,23,25). The van der Waals surface area contributed by atoms with E-state index in [0.717, 1.165) is 45.2 Å². The number of pyridine rings is 1. The predicted octanol–water partition coefficient (Wildman–Crippen LogP) is 3.38. The third-order valence-corrected chi connectivity index (χ3v) is 4.42. The van der Waals surface area contributed by atoms with Crippen LogP contribution in [0, 0.1) is 0 Å². The zero-order valence-electron chi connectivity index (χ0n) is 14.2. The third-order valence-electron chi connectivity index (χ3n) is 3.98. The number of hydrogen-bond donors (Lipinski definition) is 2. The number of carbonyl (C=O) groups is 1. The highest BCUT2D eigenvalue weighted by Crippen LogP contribution is 2.22. The SMILES string of the molecule is O=C(Nc1cc(Cl)cc(Cl)c1)c1ccc(NCCN2CCOCC2)nc1. The van der Waals surface area contributed by atoms with Crippen molar-refractivity contribution >= 4 is 40.6 Å². The highest BCUT2D eigenvalue weighted by atomic mass is 35.5. The highest BCUT2D eigenvalue weighted by Gasteiger charge is 2.10. The fraction of sp³-hybridized carbons (Fsp3) is 0.333. The Kier molecular flexibility index (Phi) is 6.68. The first-order valence-corrected chi connectivity index (χ1v) is 9.13. The molecule has 0 aliphatic carbocycles. The Hall–Kier alpha value is -1.86. The molecule has 0 unspecified atom stereocenters. The van der Waals surface area contributed by atoms with E-state index >= 15 is 0 Å². The van der Waals surface area contributed by atoms with Gasteiger partial charge in [0, 0.05) is 48.1 Å². The maximum absolute atomic E-state index is 12.3. The molecule has 8 heteroatoms. The molecule has 0 bridgehead atoms. The normalized spacial score (nSPS) is 14.8. The number of rotatable bonds is 6. The summed E-state index contributed by atoms with van der Waals surface area (Å²) in [7, 11) is 0. The lowest BCUT2D eigenvalue weighted by Crippen LogP contribution is -2.39. The molecule has 138 valence electrons. The number of amides is 1. The minimum atomic E-state index is -0.268. The summed E-state index contributed by atoms with van der Waals surface area (Å²) in [4.78, 5) is 18.9. The maximum atomic E-state index is 12.3. The van der Waals surface area contributed by atoms with Crippen LogP contribution in [-0.4, -0.2) is 55.2 Å². The predicted molar refractivity (Wildman–Crippen MR) is 104 cm³/mol.